The molecular formula is C86H131N9O22. The molecule has 2 saturated heterocycles. The Bertz CT molecular complexity index is 3900. The second-order valence-electron chi connectivity index (χ2n) is 31.9. The zero-order chi connectivity index (χ0) is 84.4. The summed E-state index contributed by atoms with van der Waals surface area (Å²) in [6, 6.07) is 4.44. The van der Waals surface area contributed by atoms with Gasteiger partial charge in [0.2, 0.25) is 5.79 Å². The molecule has 16 atom stereocenters. The maximum absolute atomic E-state index is 14.7. The van der Waals surface area contributed by atoms with E-state index in [1.54, 1.807) is 47.1 Å². The number of ether oxygens (including phenoxy) is 11. The number of nitrogens with zero attached hydrogens (tertiary/aromatic N) is 7. The number of unbranched alkanes of at least 4 members (excludes halogenated alkanes) is 2. The lowest BCUT2D eigenvalue weighted by Gasteiger charge is -2.43. The molecular weight excluding hydrogens is 1510 g/mol. The number of amides is 1. The van der Waals surface area contributed by atoms with Gasteiger partial charge in [0.1, 0.15) is 53.5 Å². The van der Waals surface area contributed by atoms with E-state index in [4.69, 9.17) is 77.9 Å². The first kappa shape index (κ1) is 95.1. The second kappa shape index (κ2) is 49.4. The number of nitrogens with two attached hydrogens (primary N) is 2. The standard InChI is InChI=1S/C86H131N9O22/c1-55-20-13-11-14-21-56(2)72(105-8)51-66-28-25-61(7)86(104,117-66)80(101)83(102)94-32-18-16-24-68(94)84(103)115-73(58(4)48-62-26-29-69(98)74(49-62)106-9)52-70(99)57(3)47-60(6)78(100)79(107-10)76(59(5)46-55)93-114-53-65(97)23-19-34-108-36-38-110-40-42-112-44-45-113-43-41-111-39-37-109-35-31-64(96)22-15-12-17-33-95-82-75(81(87)89-54-90-82)77(92-95)63-27-30-71-67(50-63)91-85(88)116-71/h11,13-14,20-21,27,30,47,50,54-55,57-59,61-62,66,68-70,72-74,78-79,98-100,104H,12,15-19,22-26,28-29,31-46,48-49,51-53H2,1-10H3,(H2,88,91)(H2,87,89,90)/b14-11+,20-13+,56-21+,60-47+,93-76+/t55-,57-,58-,59-,61-,62+,66+,68+,69-,70-,72+,73+,74-,78-,79+,86-/m1/s1. The molecule has 2 bridgehead atoms. The van der Waals surface area contributed by atoms with Gasteiger partial charge in [-0.15, -0.1) is 0 Å². The molecule has 4 aliphatic rings. The molecule has 3 fully saturated rings. The predicted molar refractivity (Wildman–Crippen MR) is 439 cm³/mol. The highest BCUT2D eigenvalue weighted by Crippen LogP contribution is 2.39. The van der Waals surface area contributed by atoms with Gasteiger partial charge >= 0.3 is 5.97 Å². The molecule has 1 aliphatic carbocycles. The van der Waals surface area contributed by atoms with Gasteiger partial charge < -0.3 is 98.2 Å². The number of carbonyl (C=O) groups is 5. The quantitative estimate of drug-likeness (QED) is 0.00799. The molecule has 4 aromatic rings. The number of benzene rings is 1. The molecule has 652 valence electrons. The highest BCUT2D eigenvalue weighted by atomic mass is 16.6. The smallest absolute Gasteiger partial charge is 0.329 e. The van der Waals surface area contributed by atoms with Crippen LogP contribution >= 0.6 is 0 Å². The van der Waals surface area contributed by atoms with Gasteiger partial charge in [-0.25, -0.2) is 19.4 Å². The fourth-order valence-electron chi connectivity index (χ4n) is 15.8. The number of aromatic nitrogens is 5. The van der Waals surface area contributed by atoms with Crippen LogP contribution < -0.4 is 11.5 Å². The van der Waals surface area contributed by atoms with E-state index in [-0.39, 0.29) is 86.2 Å². The Balaban J connectivity index is 0.734. The minimum absolute atomic E-state index is 0.0210. The number of aryl methyl sites for hydroxylation is 1. The van der Waals surface area contributed by atoms with E-state index in [0.29, 0.717) is 208 Å². The molecule has 0 radical (unpaired) electrons. The fraction of sp³-hybridized carbons (Fsp3) is 0.698. The Morgan fingerprint density at radius 2 is 1.41 bits per heavy atom. The van der Waals surface area contributed by atoms with E-state index >= 15 is 0 Å². The van der Waals surface area contributed by atoms with Crippen LogP contribution in [0.15, 0.2) is 81.7 Å². The second-order valence-corrected chi connectivity index (χ2v) is 31.9. The summed E-state index contributed by atoms with van der Waals surface area (Å²) < 4.78 is 71.4. The summed E-state index contributed by atoms with van der Waals surface area (Å²) in [6.07, 6.45) is 15.6. The van der Waals surface area contributed by atoms with Crippen LogP contribution in [0.4, 0.5) is 11.8 Å². The number of rotatable bonds is 38. The summed E-state index contributed by atoms with van der Waals surface area (Å²) in [5.74, 6) is -7.03. The van der Waals surface area contributed by atoms with Crippen LogP contribution in [-0.4, -0.2) is 259 Å². The predicted octanol–water partition coefficient (Wildman–Crippen LogP) is 9.56. The molecule has 1 amide bonds. The van der Waals surface area contributed by atoms with Gasteiger partial charge in [0.05, 0.1) is 114 Å². The number of fused-ring (bicyclic) bond motifs is 5. The van der Waals surface area contributed by atoms with E-state index in [1.165, 1.54) is 18.3 Å². The zero-order valence-corrected chi connectivity index (χ0v) is 70.4. The van der Waals surface area contributed by atoms with Crippen molar-refractivity contribution in [2.75, 3.05) is 125 Å². The van der Waals surface area contributed by atoms with E-state index in [2.05, 4.69) is 27.0 Å². The van der Waals surface area contributed by atoms with Crippen molar-refractivity contribution in [1.29, 1.82) is 0 Å². The first-order valence-electron chi connectivity index (χ1n) is 42.0. The Morgan fingerprint density at radius 3 is 2.10 bits per heavy atom. The Kier molecular flexibility index (Phi) is 40.2. The lowest BCUT2D eigenvalue weighted by molar-refractivity contribution is -0.265. The van der Waals surface area contributed by atoms with E-state index in [0.717, 1.165) is 30.4 Å². The van der Waals surface area contributed by atoms with Crippen molar-refractivity contribution in [3.8, 4) is 11.3 Å². The van der Waals surface area contributed by atoms with Gasteiger partial charge in [-0.3, -0.25) is 19.2 Å². The van der Waals surface area contributed by atoms with Crippen molar-refractivity contribution >= 4 is 68.9 Å². The average molecular weight is 1640 g/mol. The Hall–Kier alpha value is -7.34. The van der Waals surface area contributed by atoms with Crippen molar-refractivity contribution < 1.29 is 106 Å². The van der Waals surface area contributed by atoms with Crippen LogP contribution in [0.1, 0.15) is 170 Å². The highest BCUT2D eigenvalue weighted by Gasteiger charge is 2.53. The van der Waals surface area contributed by atoms with Gasteiger partial charge in [0.15, 0.2) is 23.6 Å². The molecule has 8 N–H and O–H groups in total. The molecule has 3 aliphatic heterocycles. The third-order valence-corrected chi connectivity index (χ3v) is 22.8. The maximum Gasteiger partial charge on any atom is 0.329 e. The molecule has 1 aromatic carbocycles. The molecule has 6 heterocycles. The monoisotopic (exact) mass is 1640 g/mol. The summed E-state index contributed by atoms with van der Waals surface area (Å²) >= 11 is 0. The molecule has 3 aromatic heterocycles. The summed E-state index contributed by atoms with van der Waals surface area (Å²) in [4.78, 5) is 89.4. The number of nitrogen functional groups attached to an aromatic ring is 2. The van der Waals surface area contributed by atoms with Crippen LogP contribution in [0.5, 0.6) is 0 Å². The van der Waals surface area contributed by atoms with Crippen LogP contribution in [0.25, 0.3) is 33.4 Å². The number of hydrogen-bond acceptors (Lipinski definition) is 29. The summed E-state index contributed by atoms with van der Waals surface area (Å²) in [5, 5.41) is 57.2. The van der Waals surface area contributed by atoms with Crippen molar-refractivity contribution in [1.82, 2.24) is 29.6 Å². The summed E-state index contributed by atoms with van der Waals surface area (Å²) in [7, 11) is 4.61. The number of hydrogen-bond donors (Lipinski definition) is 6. The van der Waals surface area contributed by atoms with Gasteiger partial charge in [-0.05, 0) is 144 Å². The molecule has 117 heavy (non-hydrogen) atoms. The SMILES string of the molecule is CO[C@H]1C[C@@H]2CC[C@@H](C)[C@@](O)(O2)C(=O)C(=O)N2CCCC[C@H]2C(=O)O[C@H]([C@H](C)C[C@@H]2CC[C@@H](O)[C@H](OC)C2)C[C@@H](O)[C@H](C)/C=C(\C)[C@@H](O)[C@@H](OC)/C(=N/OCC(=O)CCCOCCOCCOCCOCCOCCOCCC(=O)CCCCCn2nc(-c3ccc4oc(N)nc4c3)c3c(N)ncnc32)[C@H](C)C[C@H](C)/C=C/C=C/C=C/1C. The zero-order valence-electron chi connectivity index (χ0n) is 70.4. The average Bonchev–Trinajstić information content (AvgIpc) is 1.73. The van der Waals surface area contributed by atoms with Gasteiger partial charge in [-0.1, -0.05) is 82.7 Å². The lowest BCUT2D eigenvalue weighted by atomic mass is 9.78. The number of Topliss-reactive ketones (excluding diaryl/α,β-unsaturated/α-hetero) is 3. The Labute approximate surface area is 688 Å². The van der Waals surface area contributed by atoms with Gasteiger partial charge in [0, 0.05) is 96.4 Å². The highest BCUT2D eigenvalue weighted by molar-refractivity contribution is 6.39. The van der Waals surface area contributed by atoms with Crippen LogP contribution in [0.2, 0.25) is 0 Å². The van der Waals surface area contributed by atoms with Crippen molar-refractivity contribution in [2.24, 2.45) is 40.7 Å². The number of ketones is 3. The molecule has 1 saturated carbocycles. The molecule has 31 heteroatoms. The minimum Gasteiger partial charge on any atom is -0.460 e. The number of allylic oxidation sites excluding steroid dienone is 5. The third kappa shape index (κ3) is 29.2. The minimum atomic E-state index is -2.46. The number of cyclic esters (lactones) is 1. The topological polar surface area (TPSA) is 414 Å². The van der Waals surface area contributed by atoms with Gasteiger partial charge in [-0.2, -0.15) is 10.1 Å². The largest absolute Gasteiger partial charge is 0.460 e. The molecule has 0 spiro atoms. The van der Waals surface area contributed by atoms with Crippen LogP contribution in [0, 0.1) is 35.5 Å². The molecule has 8 rings (SSSR count). The summed E-state index contributed by atoms with van der Waals surface area (Å²) in [6.45, 7) is 17.8. The molecule has 31 nitrogen and oxygen atoms in total. The van der Waals surface area contributed by atoms with Crippen LogP contribution in [0.3, 0.4) is 0 Å². The first-order chi connectivity index (χ1) is 56.3. The number of anilines is 2. The fourth-order valence-corrected chi connectivity index (χ4v) is 15.8. The number of aliphatic hydroxyl groups is 4. The van der Waals surface area contributed by atoms with Gasteiger partial charge in [0.25, 0.3) is 17.7 Å². The first-order valence-corrected chi connectivity index (χ1v) is 42.0. The number of methoxy groups -OCH3 is 3. The van der Waals surface area contributed by atoms with E-state index in [9.17, 15) is 44.4 Å². The molecule has 0 unspecified atom stereocenters. The number of oxime groups is 1. The number of carbonyl (C=O) groups excluding carboxylic acids is 5. The number of oxazole rings is 1. The Morgan fingerprint density at radius 1 is 0.718 bits per heavy atom. The number of esters is 1. The number of aliphatic hydroxyl groups excluding tert-OH is 3. The lowest BCUT2D eigenvalue weighted by Crippen LogP contribution is -2.61. The van der Waals surface area contributed by atoms with Crippen molar-refractivity contribution in [3.05, 3.63) is 72.1 Å². The van der Waals surface area contributed by atoms with E-state index < -0.39 is 84.1 Å². The van der Waals surface area contributed by atoms with Crippen LogP contribution in [-0.2, 0) is 87.5 Å². The maximum atomic E-state index is 14.7. The van der Waals surface area contributed by atoms with E-state index in [1.807, 2.05) is 68.0 Å². The summed E-state index contributed by atoms with van der Waals surface area (Å²) in [5.41, 5.74) is 17.0. The third-order valence-electron chi connectivity index (χ3n) is 22.8. The van der Waals surface area contributed by atoms with Crippen molar-refractivity contribution in [2.45, 2.75) is 238 Å². The number of piperidine rings is 1. The van der Waals surface area contributed by atoms with Crippen molar-refractivity contribution in [3.63, 3.8) is 0 Å². The normalized spacial score (nSPS) is 28.7.